The number of carbonyl (C=O) groups excluding carboxylic acids is 3. The van der Waals surface area contributed by atoms with E-state index in [1.807, 2.05) is 0 Å². The van der Waals surface area contributed by atoms with E-state index < -0.39 is 36.9 Å². The third-order valence-electron chi connectivity index (χ3n) is 1.70. The summed E-state index contributed by atoms with van der Waals surface area (Å²) in [6.45, 7) is 2.45. The molecular weight excluding hydrogens is 396 g/mol. The van der Waals surface area contributed by atoms with Gasteiger partial charge in [0.15, 0.2) is 0 Å². The maximum Gasteiger partial charge on any atom is 0.507 e. The average Bonchev–Trinajstić information content (AvgIpc) is 2.57. The van der Waals surface area contributed by atoms with E-state index >= 15 is 0 Å². The van der Waals surface area contributed by atoms with Crippen LogP contribution in [0.25, 0.3) is 0 Å². The molecular formula is C13H20O15-2. The van der Waals surface area contributed by atoms with E-state index in [1.165, 1.54) is 14.0 Å². The molecule has 0 aromatic heterocycles. The minimum atomic E-state index is -1.70. The van der Waals surface area contributed by atoms with Crippen molar-refractivity contribution in [2.75, 3.05) is 33.5 Å². The summed E-state index contributed by atoms with van der Waals surface area (Å²) in [5.41, 5.74) is 0. The monoisotopic (exact) mass is 416 g/mol. The molecule has 0 radical (unpaired) electrons. The minimum Gasteiger partial charge on any atom is -0.546 e. The largest absolute Gasteiger partial charge is 0.546 e. The Hall–Kier alpha value is -3.65. The molecule has 0 fully saturated rings. The highest BCUT2D eigenvalue weighted by Gasteiger charge is 2.03. The number of carboxylic acid groups (broad SMARTS) is 4. The fraction of sp³-hybridized carbons (Fsp3) is 0.615. The SMILES string of the molecule is CC(COC(=O)O)OC(=O)[O-].CCOC(=O)OC.O=C([O-])OCCOC(=O)O. The van der Waals surface area contributed by atoms with Gasteiger partial charge in [-0.2, -0.15) is 0 Å². The fourth-order valence-corrected chi connectivity index (χ4v) is 0.818. The van der Waals surface area contributed by atoms with Crippen LogP contribution < -0.4 is 10.2 Å². The number of rotatable bonds is 7. The van der Waals surface area contributed by atoms with Gasteiger partial charge >= 0.3 is 18.5 Å². The van der Waals surface area contributed by atoms with Gasteiger partial charge in [0.05, 0.1) is 26.4 Å². The number of ether oxygens (including phenoxy) is 6. The maximum absolute atomic E-state index is 9.97. The number of hydrogen-bond donors (Lipinski definition) is 2. The molecule has 28 heavy (non-hydrogen) atoms. The first kappa shape index (κ1) is 29.1. The Morgan fingerprint density at radius 2 is 1.36 bits per heavy atom. The molecule has 2 N–H and O–H groups in total. The molecule has 0 aliphatic rings. The summed E-state index contributed by atoms with van der Waals surface area (Å²) < 4.78 is 24.2. The summed E-state index contributed by atoms with van der Waals surface area (Å²) in [5.74, 6) is 0. The summed E-state index contributed by atoms with van der Waals surface area (Å²) >= 11 is 0. The van der Waals surface area contributed by atoms with Crippen molar-refractivity contribution >= 4 is 30.8 Å². The molecule has 0 spiro atoms. The lowest BCUT2D eigenvalue weighted by Crippen LogP contribution is -2.30. The Morgan fingerprint density at radius 1 is 0.857 bits per heavy atom. The zero-order valence-corrected chi connectivity index (χ0v) is 15.1. The quantitative estimate of drug-likeness (QED) is 0.296. The zero-order valence-electron chi connectivity index (χ0n) is 15.1. The van der Waals surface area contributed by atoms with E-state index in [1.54, 1.807) is 6.92 Å². The zero-order chi connectivity index (χ0) is 22.5. The molecule has 1 atom stereocenters. The second-order valence-corrected chi connectivity index (χ2v) is 3.86. The van der Waals surface area contributed by atoms with Crippen LogP contribution in [0.1, 0.15) is 13.8 Å². The maximum atomic E-state index is 9.97. The minimum absolute atomic E-state index is 0.316. The van der Waals surface area contributed by atoms with Crippen LogP contribution in [-0.2, 0) is 28.4 Å². The van der Waals surface area contributed by atoms with Crippen molar-refractivity contribution in [1.82, 2.24) is 0 Å². The van der Waals surface area contributed by atoms with Gasteiger partial charge in [0.25, 0.3) is 12.3 Å². The van der Waals surface area contributed by atoms with Crippen molar-refractivity contribution < 1.29 is 72.8 Å². The van der Waals surface area contributed by atoms with E-state index in [0.717, 1.165) is 0 Å². The number of hydrogen-bond acceptors (Lipinski definition) is 13. The molecule has 0 aromatic rings. The summed E-state index contributed by atoms with van der Waals surface area (Å²) in [7, 11) is 1.28. The second-order valence-electron chi connectivity index (χ2n) is 3.86. The Balaban J connectivity index is -0.000000343. The first-order valence-electron chi connectivity index (χ1n) is 7.09. The van der Waals surface area contributed by atoms with Gasteiger partial charge in [-0.15, -0.1) is 0 Å². The van der Waals surface area contributed by atoms with Crippen LogP contribution in [0, 0.1) is 0 Å². The molecule has 15 nitrogen and oxygen atoms in total. The van der Waals surface area contributed by atoms with Gasteiger partial charge in [-0.05, 0) is 13.8 Å². The molecule has 0 aromatic carbocycles. The van der Waals surface area contributed by atoms with Crippen LogP contribution >= 0.6 is 0 Å². The van der Waals surface area contributed by atoms with Crippen LogP contribution in [-0.4, -0.2) is 80.6 Å². The van der Waals surface area contributed by atoms with Crippen molar-refractivity contribution in [2.45, 2.75) is 20.0 Å². The smallest absolute Gasteiger partial charge is 0.507 e. The van der Waals surface area contributed by atoms with Gasteiger partial charge in [-0.25, -0.2) is 14.4 Å². The Kier molecular flexibility index (Phi) is 20.5. The van der Waals surface area contributed by atoms with Crippen molar-refractivity contribution in [3.63, 3.8) is 0 Å². The average molecular weight is 416 g/mol. The Bertz CT molecular complexity index is 459. The normalized spacial score (nSPS) is 9.54. The molecule has 0 bridgehead atoms. The van der Waals surface area contributed by atoms with Crippen LogP contribution in [0.2, 0.25) is 0 Å². The molecule has 0 rings (SSSR count). The highest BCUT2D eigenvalue weighted by molar-refractivity contribution is 5.59. The van der Waals surface area contributed by atoms with Gasteiger partial charge in [-0.1, -0.05) is 0 Å². The molecule has 15 heteroatoms. The molecule has 0 aliphatic heterocycles. The molecule has 0 heterocycles. The molecule has 0 saturated heterocycles. The molecule has 0 aliphatic carbocycles. The Morgan fingerprint density at radius 3 is 1.68 bits per heavy atom. The molecule has 0 saturated carbocycles. The topological polar surface area (TPSA) is 227 Å². The molecule has 0 amide bonds. The standard InChI is InChI=1S/C5H8O6.C4H6O6.C4H8O3/c1-3(11-5(8)9)2-10-4(6)7;5-3(6)9-1-2-10-4(7)8;1-3-7-4(5)6-2/h3H,2H2,1H3,(H,6,7)(H,8,9);1-2H2,(H,5,6)(H,7,8);3H2,1-2H3/p-2. The van der Waals surface area contributed by atoms with Crippen LogP contribution in [0.4, 0.5) is 24.0 Å². The third-order valence-corrected chi connectivity index (χ3v) is 1.70. The van der Waals surface area contributed by atoms with E-state index in [-0.39, 0.29) is 19.8 Å². The second kappa shape index (κ2) is 19.7. The summed E-state index contributed by atoms with van der Waals surface area (Å²) in [5, 5.41) is 35.0. The first-order valence-corrected chi connectivity index (χ1v) is 7.09. The summed E-state index contributed by atoms with van der Waals surface area (Å²) in [6.07, 6.45) is -7.81. The number of carbonyl (C=O) groups is 5. The van der Waals surface area contributed by atoms with E-state index in [9.17, 15) is 34.2 Å². The lowest BCUT2D eigenvalue weighted by atomic mass is 10.4. The van der Waals surface area contributed by atoms with E-state index in [4.69, 9.17) is 10.2 Å². The first-order chi connectivity index (χ1) is 13.0. The van der Waals surface area contributed by atoms with E-state index in [2.05, 4.69) is 28.4 Å². The third kappa shape index (κ3) is 33.8. The van der Waals surface area contributed by atoms with Crippen molar-refractivity contribution in [3.05, 3.63) is 0 Å². The van der Waals surface area contributed by atoms with E-state index in [0.29, 0.717) is 6.61 Å². The van der Waals surface area contributed by atoms with Crippen LogP contribution in [0.3, 0.4) is 0 Å². The van der Waals surface area contributed by atoms with Crippen LogP contribution in [0.5, 0.6) is 0 Å². The van der Waals surface area contributed by atoms with Crippen molar-refractivity contribution in [1.29, 1.82) is 0 Å². The van der Waals surface area contributed by atoms with Gasteiger partial charge in [0.1, 0.15) is 13.2 Å². The summed E-state index contributed by atoms with van der Waals surface area (Å²) in [6, 6.07) is 0. The highest BCUT2D eigenvalue weighted by atomic mass is 16.7. The molecule has 164 valence electrons. The Labute approximate surface area is 158 Å². The molecule has 1 unspecified atom stereocenters. The van der Waals surface area contributed by atoms with Crippen molar-refractivity contribution in [2.24, 2.45) is 0 Å². The fourth-order valence-electron chi connectivity index (χ4n) is 0.818. The predicted molar refractivity (Wildman–Crippen MR) is 79.3 cm³/mol. The van der Waals surface area contributed by atoms with Gasteiger partial charge in [0, 0.05) is 0 Å². The van der Waals surface area contributed by atoms with Crippen LogP contribution in [0.15, 0.2) is 0 Å². The van der Waals surface area contributed by atoms with Gasteiger partial charge in [0.2, 0.25) is 0 Å². The number of methoxy groups -OCH3 is 1. The highest BCUT2D eigenvalue weighted by Crippen LogP contribution is 1.91. The lowest BCUT2D eigenvalue weighted by molar-refractivity contribution is -0.288. The summed E-state index contributed by atoms with van der Waals surface area (Å²) in [4.78, 5) is 48.5. The predicted octanol–water partition coefficient (Wildman–Crippen LogP) is -0.740. The lowest BCUT2D eigenvalue weighted by Gasteiger charge is -2.15. The van der Waals surface area contributed by atoms with Gasteiger partial charge in [-0.3, -0.25) is 0 Å². The van der Waals surface area contributed by atoms with Gasteiger partial charge < -0.3 is 58.4 Å². The van der Waals surface area contributed by atoms with Crippen molar-refractivity contribution in [3.8, 4) is 0 Å².